The average Bonchev–Trinajstić information content (AvgIpc) is 2.63. The summed E-state index contributed by atoms with van der Waals surface area (Å²) in [6, 6.07) is 5.30. The number of hydrogen-bond acceptors (Lipinski definition) is 1. The molecule has 2 rings (SSSR count). The average molecular weight is 205 g/mol. The summed E-state index contributed by atoms with van der Waals surface area (Å²) in [5.41, 5.74) is 2.98. The van der Waals surface area contributed by atoms with Crippen molar-refractivity contribution in [3.8, 4) is 0 Å². The molecule has 80 valence electrons. The van der Waals surface area contributed by atoms with Gasteiger partial charge in [-0.3, -0.25) is 0 Å². The summed E-state index contributed by atoms with van der Waals surface area (Å²) in [5.74, 6) is -0.0920. The molecule has 1 aliphatic carbocycles. The van der Waals surface area contributed by atoms with Crippen LogP contribution in [-0.4, -0.2) is 12.6 Å². The number of fused-ring (bicyclic) bond motifs is 1. The number of likely N-dealkylation sites (N-methyl/N-ethyl adjacent to an activating group) is 1. The van der Waals surface area contributed by atoms with Gasteiger partial charge in [-0.05, 0) is 50.1 Å². The van der Waals surface area contributed by atoms with Crippen molar-refractivity contribution in [3.05, 3.63) is 41.2 Å². The first-order chi connectivity index (χ1) is 7.06. The van der Waals surface area contributed by atoms with Crippen molar-refractivity contribution >= 4 is 5.57 Å². The van der Waals surface area contributed by atoms with Gasteiger partial charge >= 0.3 is 0 Å². The van der Waals surface area contributed by atoms with E-state index in [1.54, 1.807) is 6.07 Å². The normalized spacial score (nSPS) is 15.1. The molecule has 0 unspecified atom stereocenters. The molecule has 0 bridgehead atoms. The van der Waals surface area contributed by atoms with E-state index in [0.717, 1.165) is 11.1 Å². The molecule has 0 aliphatic heterocycles. The van der Waals surface area contributed by atoms with E-state index >= 15 is 0 Å². The van der Waals surface area contributed by atoms with Crippen molar-refractivity contribution < 1.29 is 4.39 Å². The Bertz CT molecular complexity index is 419. The molecule has 15 heavy (non-hydrogen) atoms. The molecule has 1 aliphatic rings. The van der Waals surface area contributed by atoms with Crippen LogP contribution in [0.2, 0.25) is 0 Å². The quantitative estimate of drug-likeness (QED) is 0.782. The molecule has 0 fully saturated rings. The minimum atomic E-state index is -0.0982. The Morgan fingerprint density at radius 2 is 2.07 bits per heavy atom. The molecule has 1 nitrogen and oxygen atoms in total. The lowest BCUT2D eigenvalue weighted by molar-refractivity contribution is 0.545. The van der Waals surface area contributed by atoms with Crippen molar-refractivity contribution in [3.63, 3.8) is 0 Å². The maximum absolute atomic E-state index is 13.5. The van der Waals surface area contributed by atoms with Gasteiger partial charge in [-0.2, -0.15) is 0 Å². The summed E-state index contributed by atoms with van der Waals surface area (Å²) < 4.78 is 13.5. The standard InChI is InChI=1S/C13H16FN/c1-13(2,15-3)11-8-7-10-9(11)5-4-6-12(10)14/h4-6,8,15H,7H2,1-3H3. The Morgan fingerprint density at radius 3 is 2.73 bits per heavy atom. The third kappa shape index (κ3) is 1.59. The second kappa shape index (κ2) is 3.46. The van der Waals surface area contributed by atoms with Crippen LogP contribution in [0, 0.1) is 5.82 Å². The Labute approximate surface area is 90.0 Å². The summed E-state index contributed by atoms with van der Waals surface area (Å²) in [6.45, 7) is 4.22. The number of allylic oxidation sites excluding steroid dienone is 1. The second-order valence-electron chi connectivity index (χ2n) is 4.46. The highest BCUT2D eigenvalue weighted by Crippen LogP contribution is 2.35. The summed E-state index contributed by atoms with van der Waals surface area (Å²) in [4.78, 5) is 0. The lowest BCUT2D eigenvalue weighted by Crippen LogP contribution is -2.37. The summed E-state index contributed by atoms with van der Waals surface area (Å²) in [5, 5.41) is 3.25. The van der Waals surface area contributed by atoms with Crippen molar-refractivity contribution in [1.82, 2.24) is 5.32 Å². The Morgan fingerprint density at radius 1 is 1.33 bits per heavy atom. The molecule has 0 saturated carbocycles. The lowest BCUT2D eigenvalue weighted by Gasteiger charge is -2.26. The minimum Gasteiger partial charge on any atom is -0.311 e. The van der Waals surface area contributed by atoms with Gasteiger partial charge in [0.15, 0.2) is 0 Å². The van der Waals surface area contributed by atoms with Crippen molar-refractivity contribution in [2.75, 3.05) is 7.05 Å². The molecule has 0 atom stereocenters. The van der Waals surface area contributed by atoms with Crippen LogP contribution in [0.15, 0.2) is 24.3 Å². The lowest BCUT2D eigenvalue weighted by atomic mass is 9.90. The van der Waals surface area contributed by atoms with Gasteiger partial charge in [0.2, 0.25) is 0 Å². The molecule has 1 aromatic carbocycles. The van der Waals surface area contributed by atoms with Crippen molar-refractivity contribution in [2.24, 2.45) is 0 Å². The molecule has 1 N–H and O–H groups in total. The van der Waals surface area contributed by atoms with Gasteiger partial charge in [0.05, 0.1) is 0 Å². The van der Waals surface area contributed by atoms with Gasteiger partial charge in [-0.15, -0.1) is 0 Å². The third-order valence-corrected chi connectivity index (χ3v) is 3.22. The highest BCUT2D eigenvalue weighted by Gasteiger charge is 2.28. The van der Waals surface area contributed by atoms with Gasteiger partial charge in [-0.1, -0.05) is 18.2 Å². The molecule has 0 spiro atoms. The van der Waals surface area contributed by atoms with Gasteiger partial charge in [-0.25, -0.2) is 4.39 Å². The fourth-order valence-electron chi connectivity index (χ4n) is 2.06. The van der Waals surface area contributed by atoms with Crippen LogP contribution < -0.4 is 5.32 Å². The maximum atomic E-state index is 13.5. The van der Waals surface area contributed by atoms with E-state index < -0.39 is 0 Å². The predicted molar refractivity (Wildman–Crippen MR) is 61.2 cm³/mol. The number of halogens is 1. The first-order valence-corrected chi connectivity index (χ1v) is 5.23. The van der Waals surface area contributed by atoms with Crippen LogP contribution in [0.25, 0.3) is 5.57 Å². The van der Waals surface area contributed by atoms with E-state index in [0.29, 0.717) is 6.42 Å². The summed E-state index contributed by atoms with van der Waals surface area (Å²) in [6.07, 6.45) is 2.83. The predicted octanol–water partition coefficient (Wildman–Crippen LogP) is 2.76. The molecule has 0 aromatic heterocycles. The van der Waals surface area contributed by atoms with Gasteiger partial charge in [0, 0.05) is 5.54 Å². The molecular formula is C13H16FN. The smallest absolute Gasteiger partial charge is 0.127 e. The molecule has 0 heterocycles. The molecule has 1 aromatic rings. The molecule has 0 amide bonds. The number of rotatable bonds is 2. The monoisotopic (exact) mass is 205 g/mol. The molecular weight excluding hydrogens is 189 g/mol. The Balaban J connectivity index is 2.48. The first-order valence-electron chi connectivity index (χ1n) is 5.23. The van der Waals surface area contributed by atoms with Crippen LogP contribution in [0.3, 0.4) is 0 Å². The second-order valence-corrected chi connectivity index (χ2v) is 4.46. The minimum absolute atomic E-state index is 0.0920. The van der Waals surface area contributed by atoms with Crippen LogP contribution in [0.1, 0.15) is 25.0 Å². The van der Waals surface area contributed by atoms with E-state index in [4.69, 9.17) is 0 Å². The van der Waals surface area contributed by atoms with Crippen molar-refractivity contribution in [1.29, 1.82) is 0 Å². The van der Waals surface area contributed by atoms with Crippen LogP contribution in [0.5, 0.6) is 0 Å². The Hall–Kier alpha value is -1.15. The number of nitrogens with one attached hydrogen (secondary N) is 1. The van der Waals surface area contributed by atoms with E-state index in [9.17, 15) is 4.39 Å². The van der Waals surface area contributed by atoms with Gasteiger partial charge in [0.25, 0.3) is 0 Å². The molecule has 2 heteroatoms. The van der Waals surface area contributed by atoms with Crippen LogP contribution in [0.4, 0.5) is 4.39 Å². The Kier molecular flexibility index (Phi) is 2.39. The molecule has 0 saturated heterocycles. The largest absolute Gasteiger partial charge is 0.311 e. The highest BCUT2D eigenvalue weighted by atomic mass is 19.1. The number of benzene rings is 1. The van der Waals surface area contributed by atoms with Crippen LogP contribution in [-0.2, 0) is 6.42 Å². The molecule has 0 radical (unpaired) electrons. The number of hydrogen-bond donors (Lipinski definition) is 1. The summed E-state index contributed by atoms with van der Waals surface area (Å²) in [7, 11) is 1.93. The zero-order valence-corrected chi connectivity index (χ0v) is 9.39. The highest BCUT2D eigenvalue weighted by molar-refractivity contribution is 5.78. The van der Waals surface area contributed by atoms with E-state index in [-0.39, 0.29) is 11.4 Å². The van der Waals surface area contributed by atoms with Gasteiger partial charge < -0.3 is 5.32 Å². The van der Waals surface area contributed by atoms with E-state index in [1.165, 1.54) is 11.6 Å². The SMILES string of the molecule is CNC(C)(C)C1=CCc2c(F)cccc21. The third-order valence-electron chi connectivity index (χ3n) is 3.22. The topological polar surface area (TPSA) is 12.0 Å². The fourth-order valence-corrected chi connectivity index (χ4v) is 2.06. The van der Waals surface area contributed by atoms with E-state index in [2.05, 4.69) is 25.2 Å². The zero-order valence-electron chi connectivity index (χ0n) is 9.39. The maximum Gasteiger partial charge on any atom is 0.127 e. The van der Waals surface area contributed by atoms with Gasteiger partial charge in [0.1, 0.15) is 5.82 Å². The fraction of sp³-hybridized carbons (Fsp3) is 0.385. The zero-order chi connectivity index (χ0) is 11.1. The van der Waals surface area contributed by atoms with Crippen LogP contribution >= 0.6 is 0 Å². The van der Waals surface area contributed by atoms with Crippen molar-refractivity contribution in [2.45, 2.75) is 25.8 Å². The summed E-state index contributed by atoms with van der Waals surface area (Å²) >= 11 is 0. The first kappa shape index (κ1) is 10.4. The van der Waals surface area contributed by atoms with E-state index in [1.807, 2.05) is 13.1 Å².